The number of aromatic hydroxyl groups is 1. The Morgan fingerprint density at radius 3 is 1.98 bits per heavy atom. The van der Waals surface area contributed by atoms with Crippen LogP contribution >= 0.6 is 21.6 Å². The van der Waals surface area contributed by atoms with Gasteiger partial charge >= 0.3 is 17.9 Å². The molecule has 2 saturated carbocycles. The molecule has 2 bridgehead atoms. The van der Waals surface area contributed by atoms with E-state index in [9.17, 15) is 64.2 Å². The number of esters is 3. The minimum absolute atomic E-state index is 0. The van der Waals surface area contributed by atoms with Gasteiger partial charge in [-0.05, 0) is 124 Å². The number of primary amides is 1. The summed E-state index contributed by atoms with van der Waals surface area (Å²) in [5.41, 5.74) is 5.75. The van der Waals surface area contributed by atoms with Crippen molar-refractivity contribution in [2.75, 3.05) is 31.7 Å². The number of hydrogen-bond donors (Lipinski definition) is 17. The first-order valence-electron chi connectivity index (χ1n) is 40.6. The number of para-hydroxylation sites is 1. The van der Waals surface area contributed by atoms with Gasteiger partial charge in [0.05, 0.1) is 41.9 Å². The number of nitrogens with one attached hydrogen (secondary N) is 9. The van der Waals surface area contributed by atoms with Crippen LogP contribution in [-0.4, -0.2) is 234 Å². The number of carbonyl (C=O) groups excluding carboxylic acids is 12. The summed E-state index contributed by atoms with van der Waals surface area (Å²) in [5.74, 6) is -14.0. The number of benzene rings is 5. The Morgan fingerprint density at radius 1 is 0.715 bits per heavy atom. The smallest absolute Gasteiger partial charge is 0.350 e. The SMILES string of the molecule is CN[C@@H](c1ccccc1)[C@@H](OC(=O)CCCC(=O)N[C@H](Cc1ccccc1)C(=O)N[C@H]1CSSC[C@@H](C(=O)N[C@H](C(N)=O)[C@@H](C)O)NC(=O)[C@H](CCCCN)NC(=O)[C@@H](Cc2c[nH]c3ccccc23)NC(=O)[C@H](Cc2ccc(O)cc2)NC1=O)C(=O)O[C@H]1C[C@@]2(O)[C@@H](OC(=O)c3ccccc3)[C@@H]3[C@]4(O)CO[C@@H]4C[C@H](O)[C@@]3(C)C(=O)[C@H](O)C(=C1C)C2(C)C.[Ac]. The van der Waals surface area contributed by atoms with Gasteiger partial charge in [0, 0.05) is 129 Å². The Labute approximate surface area is 754 Å². The minimum atomic E-state index is -2.47. The number of aromatic nitrogens is 1. The number of phenolic OH excluding ortho intramolecular Hbond substituents is 1. The topological polar surface area (TPSA) is 527 Å². The molecular formula is C87H107AcN11O22S2. The molecule has 5 aromatic carbocycles. The zero-order valence-electron chi connectivity index (χ0n) is 69.0. The van der Waals surface area contributed by atoms with Crippen molar-refractivity contribution in [1.82, 2.24) is 47.5 Å². The predicted octanol–water partition coefficient (Wildman–Crippen LogP) is 1.80. The molecule has 36 heteroatoms. The molecule has 1 radical (unpaired) electrons. The third-order valence-electron chi connectivity index (χ3n) is 24.1. The van der Waals surface area contributed by atoms with E-state index in [1.54, 1.807) is 109 Å². The Morgan fingerprint density at radius 2 is 1.33 bits per heavy atom. The molecule has 2 aliphatic heterocycles. The summed E-state index contributed by atoms with van der Waals surface area (Å²) in [4.78, 5) is 179. The third kappa shape index (κ3) is 22.0. The fourth-order valence-electron chi connectivity index (χ4n) is 17.1. The monoisotopic (exact) mass is 1950 g/mol. The number of aromatic amines is 1. The molecule has 33 nitrogen and oxygen atoms in total. The quantitative estimate of drug-likeness (QED) is 0.0105. The van der Waals surface area contributed by atoms with E-state index < -0.39 is 216 Å². The molecule has 8 amide bonds. The van der Waals surface area contributed by atoms with Crippen LogP contribution in [0.2, 0.25) is 0 Å². The number of aliphatic hydroxyl groups excluding tert-OH is 3. The normalized spacial score (nSPS) is 27.3. The molecule has 4 fully saturated rings. The molecule has 11 rings (SSSR count). The molecule has 5 aliphatic rings. The van der Waals surface area contributed by atoms with Gasteiger partial charge in [-0.2, -0.15) is 0 Å². The van der Waals surface area contributed by atoms with Gasteiger partial charge in [-0.1, -0.05) is 145 Å². The summed E-state index contributed by atoms with van der Waals surface area (Å²) in [5, 5.41) is 94.4. The number of amides is 8. The van der Waals surface area contributed by atoms with Gasteiger partial charge < -0.3 is 109 Å². The summed E-state index contributed by atoms with van der Waals surface area (Å²) in [6.07, 6.45) is -12.1. The zero-order valence-corrected chi connectivity index (χ0v) is 75.3. The number of ether oxygens (including phenoxy) is 4. The maximum absolute atomic E-state index is 15.3. The second-order valence-electron chi connectivity index (χ2n) is 32.5. The number of aliphatic hydroxyl groups is 5. The first-order chi connectivity index (χ1) is 58.1. The Balaban J connectivity index is 0.0000158. The Hall–Kier alpha value is -9.16. The molecule has 2 saturated heterocycles. The number of ketones is 1. The van der Waals surface area contributed by atoms with Crippen molar-refractivity contribution in [2.45, 2.75) is 208 Å². The maximum Gasteiger partial charge on any atom is 0.350 e. The van der Waals surface area contributed by atoms with Gasteiger partial charge in [-0.25, -0.2) is 9.59 Å². The van der Waals surface area contributed by atoms with Gasteiger partial charge in [0.1, 0.15) is 77.6 Å². The van der Waals surface area contributed by atoms with Crippen LogP contribution in [0.4, 0.5) is 0 Å². The predicted molar refractivity (Wildman–Crippen MR) is 448 cm³/mol. The second kappa shape index (κ2) is 42.2. The Bertz CT molecular complexity index is 4840. The first kappa shape index (κ1) is 96.1. The average molecular weight is 1950 g/mol. The van der Waals surface area contributed by atoms with Crippen LogP contribution in [0.15, 0.2) is 157 Å². The number of rotatable bonds is 29. The van der Waals surface area contributed by atoms with Crippen LogP contribution in [0.5, 0.6) is 5.75 Å². The van der Waals surface area contributed by atoms with Crippen LogP contribution in [0.25, 0.3) is 10.9 Å². The molecular weight excluding hydrogens is 1840 g/mol. The molecule has 19 N–H and O–H groups in total. The van der Waals surface area contributed by atoms with Crippen LogP contribution in [0, 0.1) is 60.8 Å². The molecule has 3 aliphatic carbocycles. The summed E-state index contributed by atoms with van der Waals surface area (Å²) in [6, 6.07) is 25.6. The van der Waals surface area contributed by atoms with E-state index in [1.165, 1.54) is 78.1 Å². The average Bonchev–Trinajstić information content (AvgIpc) is 0.772. The summed E-state index contributed by atoms with van der Waals surface area (Å²) in [7, 11) is 3.34. The second-order valence-corrected chi connectivity index (χ2v) is 35.1. The van der Waals surface area contributed by atoms with Crippen molar-refractivity contribution in [3.8, 4) is 5.75 Å². The number of Topliss-reactive ketones (excluding diaryl/α,β-unsaturated/α-hetero) is 1. The van der Waals surface area contributed by atoms with Gasteiger partial charge in [-0.15, -0.1) is 0 Å². The van der Waals surface area contributed by atoms with E-state index in [0.717, 1.165) is 21.6 Å². The molecule has 0 unspecified atom stereocenters. The molecule has 0 spiro atoms. The van der Waals surface area contributed by atoms with Crippen molar-refractivity contribution >= 4 is 103 Å². The number of hydrogen-bond acceptors (Lipinski definition) is 26. The van der Waals surface area contributed by atoms with Crippen LogP contribution in [0.3, 0.4) is 0 Å². The van der Waals surface area contributed by atoms with Crippen molar-refractivity contribution in [2.24, 2.45) is 28.2 Å². The number of nitrogens with two attached hydrogens (primary N) is 2. The molecule has 1 aromatic heterocycles. The maximum atomic E-state index is 15.3. The van der Waals surface area contributed by atoms with E-state index in [0.29, 0.717) is 46.0 Å². The van der Waals surface area contributed by atoms with Gasteiger partial charge in [0.25, 0.3) is 0 Å². The summed E-state index contributed by atoms with van der Waals surface area (Å²) in [6.45, 7) is 6.87. The van der Waals surface area contributed by atoms with E-state index in [1.807, 2.05) is 0 Å². The standard InChI is InChI=1S/C87H107N11O22S2.Ac/c1-46-62(41-87(116)74(120-82(113)51-25-14-9-15-26-51)72-85(5,63(101)40-64-86(72,115)45-117-64)73(105)70(104)67(46)84(87,3)4)118-83(114)71(69(90-6)50-23-12-8-13-24-50)119-66(103)31-20-30-65(102)92-57(37-48-21-10-7-11-22-48)77(108)97-60-43-121-122-44-61(81(112)98-68(47(2)99)75(89)106)96-76(107)56(29-18-19-36-88)93-79(110)59(39-52-42-91-55-28-17-16-27-54(52)55)95-78(109)58(94-80(60)111)38-49-32-34-53(100)35-33-49;/h7-17,21-28,32-35,42,47,56-64,68-72,74,90-91,99-101,104,115-116H,18-20,29-31,36-41,43-45,88H2,1-6H3,(H2,89,106)(H,92,102)(H,93,110)(H,94,111)(H,95,109)(H,96,107)(H,97,108)(H,98,112);/t47-,56+,57-,58+,59-,60+,61+,62+,63+,64-,68+,69+,70-,71-,72+,74+,85-,86+,87-;/m1./s1. The number of likely N-dealkylation sites (N-methyl/N-ethyl adjacent to an activating group) is 1. The van der Waals surface area contributed by atoms with Crippen LogP contribution in [0.1, 0.15) is 125 Å². The van der Waals surface area contributed by atoms with E-state index in [4.69, 9.17) is 30.4 Å². The molecule has 3 heterocycles. The van der Waals surface area contributed by atoms with E-state index in [-0.39, 0.29) is 123 Å². The van der Waals surface area contributed by atoms with Crippen molar-refractivity contribution in [1.29, 1.82) is 0 Å². The zero-order chi connectivity index (χ0) is 88.1. The summed E-state index contributed by atoms with van der Waals surface area (Å²) >= 11 is 0. The van der Waals surface area contributed by atoms with E-state index in [2.05, 4.69) is 47.5 Å². The Kier molecular flexibility index (Phi) is 33.0. The van der Waals surface area contributed by atoms with E-state index >= 15 is 24.0 Å². The van der Waals surface area contributed by atoms with Gasteiger partial charge in [0.2, 0.25) is 53.4 Å². The summed E-state index contributed by atoms with van der Waals surface area (Å²) < 4.78 is 24.6. The third-order valence-corrected chi connectivity index (χ3v) is 26.5. The van der Waals surface area contributed by atoms with Crippen molar-refractivity contribution < 1.29 is 151 Å². The fourth-order valence-corrected chi connectivity index (χ4v) is 19.4. The van der Waals surface area contributed by atoms with Gasteiger partial charge in [-0.3, -0.25) is 47.9 Å². The van der Waals surface area contributed by atoms with Crippen molar-refractivity contribution in [3.05, 3.63) is 185 Å². The van der Waals surface area contributed by atoms with Crippen molar-refractivity contribution in [3.63, 3.8) is 0 Å². The minimum Gasteiger partial charge on any atom is -0.508 e. The number of unbranched alkanes of at least 4 members (excludes halogenated alkanes) is 1. The number of H-pyrrole nitrogens is 1. The fraction of sp³-hybridized carbons (Fsp3) is 0.471. The molecule has 19 atom stereocenters. The van der Waals surface area contributed by atoms with Gasteiger partial charge in [0.15, 0.2) is 5.78 Å². The molecule has 123 heavy (non-hydrogen) atoms. The van der Waals surface area contributed by atoms with Crippen LogP contribution in [-0.2, 0) is 90.9 Å². The molecule has 657 valence electrons. The molecule has 6 aromatic rings. The number of fused-ring (bicyclic) bond motifs is 6. The number of phenols is 1. The first-order valence-corrected chi connectivity index (χ1v) is 43.1. The van der Waals surface area contributed by atoms with Crippen LogP contribution < -0.4 is 54.0 Å². The number of carbonyl (C=O) groups is 12. The largest absolute Gasteiger partial charge is 0.508 e.